The topological polar surface area (TPSA) is 88.7 Å². The van der Waals surface area contributed by atoms with Crippen LogP contribution in [0.3, 0.4) is 0 Å². The monoisotopic (exact) mass is 536 g/mol. The van der Waals surface area contributed by atoms with E-state index in [2.05, 4.69) is 15.6 Å². The van der Waals surface area contributed by atoms with Crippen LogP contribution < -0.4 is 21.1 Å². The molecule has 1 atom stereocenters. The van der Waals surface area contributed by atoms with Gasteiger partial charge in [-0.1, -0.05) is 35.3 Å². The molecule has 0 fully saturated rings. The first kappa shape index (κ1) is 24.3. The van der Waals surface area contributed by atoms with Crippen molar-refractivity contribution in [1.29, 1.82) is 0 Å². The van der Waals surface area contributed by atoms with Crippen molar-refractivity contribution >= 4 is 59.0 Å². The molecule has 1 unspecified atom stereocenters. The highest BCUT2D eigenvalue weighted by atomic mass is 127. The van der Waals surface area contributed by atoms with E-state index in [1.165, 1.54) is 0 Å². The third-order valence-electron chi connectivity index (χ3n) is 3.80. The number of hydrogen-bond donors (Lipinski definition) is 3. The number of halogens is 3. The van der Waals surface area contributed by atoms with Crippen LogP contribution in [-0.2, 0) is 0 Å². The number of nitrogens with one attached hydrogen (secondary N) is 2. The zero-order chi connectivity index (χ0) is 19.8. The third-order valence-corrected chi connectivity index (χ3v) is 4.37. The number of amides is 1. The molecule has 6 nitrogen and oxygen atoms in total. The lowest BCUT2D eigenvalue weighted by atomic mass is 10.1. The lowest BCUT2D eigenvalue weighted by molar-refractivity contribution is 0.0954. The minimum atomic E-state index is -0.197. The van der Waals surface area contributed by atoms with E-state index in [4.69, 9.17) is 33.7 Å². The van der Waals surface area contributed by atoms with E-state index in [1.807, 2.05) is 13.0 Å². The van der Waals surface area contributed by atoms with E-state index in [0.717, 1.165) is 5.56 Å². The molecule has 152 valence electrons. The second-order valence-electron chi connectivity index (χ2n) is 5.79. The SMILES string of the molecule is COc1cccc(C(=O)NCCN=C(N)NC(C)c2ccc(Cl)cc2Cl)c1.I. The minimum Gasteiger partial charge on any atom is -0.497 e. The van der Waals surface area contributed by atoms with E-state index < -0.39 is 0 Å². The van der Waals surface area contributed by atoms with Gasteiger partial charge in [-0.15, -0.1) is 24.0 Å². The van der Waals surface area contributed by atoms with Gasteiger partial charge in [-0.05, 0) is 42.8 Å². The first-order valence-corrected chi connectivity index (χ1v) is 9.10. The van der Waals surface area contributed by atoms with Crippen molar-refractivity contribution in [2.24, 2.45) is 10.7 Å². The van der Waals surface area contributed by atoms with Crippen molar-refractivity contribution in [3.8, 4) is 5.75 Å². The average molecular weight is 537 g/mol. The number of nitrogens with two attached hydrogens (primary N) is 1. The number of carbonyl (C=O) groups excluding carboxylic acids is 1. The number of rotatable bonds is 7. The van der Waals surface area contributed by atoms with Crippen molar-refractivity contribution in [3.63, 3.8) is 0 Å². The van der Waals surface area contributed by atoms with E-state index in [1.54, 1.807) is 43.5 Å². The maximum Gasteiger partial charge on any atom is 0.251 e. The molecule has 4 N–H and O–H groups in total. The molecule has 9 heteroatoms. The molecular formula is C19H23Cl2IN4O2. The molecule has 2 aromatic carbocycles. The van der Waals surface area contributed by atoms with Gasteiger partial charge in [0, 0.05) is 22.2 Å². The molecule has 0 saturated heterocycles. The third kappa shape index (κ3) is 7.37. The van der Waals surface area contributed by atoms with Gasteiger partial charge in [-0.3, -0.25) is 9.79 Å². The van der Waals surface area contributed by atoms with Crippen LogP contribution >= 0.6 is 47.2 Å². The molecule has 0 bridgehead atoms. The first-order chi connectivity index (χ1) is 12.9. The van der Waals surface area contributed by atoms with E-state index in [9.17, 15) is 4.79 Å². The molecule has 0 saturated carbocycles. The smallest absolute Gasteiger partial charge is 0.251 e. The number of hydrogen-bond acceptors (Lipinski definition) is 3. The predicted octanol–water partition coefficient (Wildman–Crippen LogP) is 4.02. The van der Waals surface area contributed by atoms with Crippen molar-refractivity contribution in [1.82, 2.24) is 10.6 Å². The molecule has 0 spiro atoms. The number of nitrogens with zero attached hydrogens (tertiary/aromatic N) is 1. The molecule has 0 radical (unpaired) electrons. The molecule has 0 aliphatic rings. The Bertz CT molecular complexity index is 833. The molecule has 0 heterocycles. The predicted molar refractivity (Wildman–Crippen MR) is 125 cm³/mol. The fourth-order valence-electron chi connectivity index (χ4n) is 2.41. The van der Waals surface area contributed by atoms with Gasteiger partial charge >= 0.3 is 0 Å². The largest absolute Gasteiger partial charge is 0.497 e. The highest BCUT2D eigenvalue weighted by molar-refractivity contribution is 14.0. The number of carbonyl (C=O) groups is 1. The molecule has 2 aromatic rings. The molecule has 0 aliphatic heterocycles. The number of aliphatic imine (C=N–C) groups is 1. The van der Waals surface area contributed by atoms with Gasteiger partial charge in [0.2, 0.25) is 0 Å². The summed E-state index contributed by atoms with van der Waals surface area (Å²) in [5, 5.41) is 6.98. The summed E-state index contributed by atoms with van der Waals surface area (Å²) >= 11 is 12.1. The van der Waals surface area contributed by atoms with Gasteiger partial charge in [0.05, 0.1) is 19.7 Å². The first-order valence-electron chi connectivity index (χ1n) is 8.34. The van der Waals surface area contributed by atoms with Crippen molar-refractivity contribution in [3.05, 3.63) is 63.6 Å². The summed E-state index contributed by atoms with van der Waals surface area (Å²) in [6.07, 6.45) is 0. The fourth-order valence-corrected chi connectivity index (χ4v) is 2.98. The Morgan fingerprint density at radius 1 is 1.25 bits per heavy atom. The van der Waals surface area contributed by atoms with Crippen LogP contribution in [-0.4, -0.2) is 32.1 Å². The summed E-state index contributed by atoms with van der Waals surface area (Å²) < 4.78 is 5.11. The molecule has 2 rings (SSSR count). The van der Waals surface area contributed by atoms with E-state index >= 15 is 0 Å². The Kier molecular flexibility index (Phi) is 10.4. The number of guanidine groups is 1. The minimum absolute atomic E-state index is 0. The average Bonchev–Trinajstić information content (AvgIpc) is 2.64. The zero-order valence-corrected chi connectivity index (χ0v) is 19.4. The highest BCUT2D eigenvalue weighted by Crippen LogP contribution is 2.25. The Labute approximate surface area is 191 Å². The maximum atomic E-state index is 12.1. The molecular weight excluding hydrogens is 514 g/mol. The number of ether oxygens (including phenoxy) is 1. The van der Waals surface area contributed by atoms with Crippen molar-refractivity contribution < 1.29 is 9.53 Å². The summed E-state index contributed by atoms with van der Waals surface area (Å²) in [6, 6.07) is 12.1. The Hall–Kier alpha value is -1.71. The summed E-state index contributed by atoms with van der Waals surface area (Å²) in [5.41, 5.74) is 7.29. The van der Waals surface area contributed by atoms with Crippen LogP contribution in [0.15, 0.2) is 47.5 Å². The summed E-state index contributed by atoms with van der Waals surface area (Å²) in [7, 11) is 1.56. The maximum absolute atomic E-state index is 12.1. The van der Waals surface area contributed by atoms with Gasteiger partial charge in [0.25, 0.3) is 5.91 Å². The molecule has 0 aliphatic carbocycles. The lowest BCUT2D eigenvalue weighted by Gasteiger charge is -2.16. The summed E-state index contributed by atoms with van der Waals surface area (Å²) in [5.74, 6) is 0.699. The Morgan fingerprint density at radius 2 is 2.00 bits per heavy atom. The van der Waals surface area contributed by atoms with Crippen LogP contribution in [0.4, 0.5) is 0 Å². The second kappa shape index (κ2) is 12.0. The van der Waals surface area contributed by atoms with Gasteiger partial charge in [-0.25, -0.2) is 0 Å². The fraction of sp³-hybridized carbons (Fsp3) is 0.263. The number of methoxy groups -OCH3 is 1. The van der Waals surface area contributed by atoms with Crippen molar-refractivity contribution in [2.45, 2.75) is 13.0 Å². The summed E-state index contributed by atoms with van der Waals surface area (Å²) in [4.78, 5) is 16.3. The van der Waals surface area contributed by atoms with Crippen LogP contribution in [0.1, 0.15) is 28.9 Å². The molecule has 1 amide bonds. The standard InChI is InChI=1S/C19H22Cl2N4O2.HI/c1-12(16-7-6-14(20)11-17(16)21)25-19(22)24-9-8-23-18(26)13-4-3-5-15(10-13)27-2;/h3-7,10-12H,8-9H2,1-2H3,(H,23,26)(H3,22,24,25);1H. The van der Waals surface area contributed by atoms with Crippen LogP contribution in [0.5, 0.6) is 5.75 Å². The van der Waals surface area contributed by atoms with Crippen LogP contribution in [0.25, 0.3) is 0 Å². The van der Waals surface area contributed by atoms with Gasteiger partial charge in [0.15, 0.2) is 5.96 Å². The van der Waals surface area contributed by atoms with E-state index in [0.29, 0.717) is 34.4 Å². The Balaban J connectivity index is 0.00000392. The summed E-state index contributed by atoms with van der Waals surface area (Å²) in [6.45, 7) is 2.62. The van der Waals surface area contributed by atoms with E-state index in [-0.39, 0.29) is 41.9 Å². The highest BCUT2D eigenvalue weighted by Gasteiger charge is 2.10. The Morgan fingerprint density at radius 3 is 2.68 bits per heavy atom. The van der Waals surface area contributed by atoms with Crippen LogP contribution in [0.2, 0.25) is 10.0 Å². The quantitative estimate of drug-likeness (QED) is 0.216. The zero-order valence-electron chi connectivity index (χ0n) is 15.5. The van der Waals surface area contributed by atoms with Gasteiger partial charge < -0.3 is 21.1 Å². The second-order valence-corrected chi connectivity index (χ2v) is 6.63. The molecule has 28 heavy (non-hydrogen) atoms. The normalized spacial score (nSPS) is 11.9. The number of benzene rings is 2. The van der Waals surface area contributed by atoms with Crippen LogP contribution in [0, 0.1) is 0 Å². The molecule has 0 aromatic heterocycles. The lowest BCUT2D eigenvalue weighted by Crippen LogP contribution is -2.35. The van der Waals surface area contributed by atoms with Gasteiger partial charge in [0.1, 0.15) is 5.75 Å². The van der Waals surface area contributed by atoms with Gasteiger partial charge in [-0.2, -0.15) is 0 Å². The van der Waals surface area contributed by atoms with Crippen molar-refractivity contribution in [2.75, 3.05) is 20.2 Å².